The topological polar surface area (TPSA) is 136 Å². The third-order valence-electron chi connectivity index (χ3n) is 3.89. The van der Waals surface area contributed by atoms with E-state index in [2.05, 4.69) is 0 Å². The van der Waals surface area contributed by atoms with E-state index in [4.69, 9.17) is 9.47 Å². The number of aryl methyl sites for hydroxylation is 1. The number of sulfonamides is 1. The zero-order valence-corrected chi connectivity index (χ0v) is 16.1. The zero-order chi connectivity index (χ0) is 21.1. The highest BCUT2D eigenvalue weighted by Gasteiger charge is 2.32. The van der Waals surface area contributed by atoms with Crippen molar-refractivity contribution in [1.82, 2.24) is 0 Å². The Morgan fingerprint density at radius 2 is 1.86 bits per heavy atom. The molecule has 0 atom stereocenters. The molecule has 0 aromatic heterocycles. The highest BCUT2D eigenvalue weighted by atomic mass is 32.2. The van der Waals surface area contributed by atoms with Gasteiger partial charge in [-0.25, -0.2) is 8.42 Å². The Balaban J connectivity index is 2.71. The Kier molecular flexibility index (Phi) is 6.09. The van der Waals surface area contributed by atoms with E-state index in [0.29, 0.717) is 10.1 Å². The molecule has 0 aliphatic carbocycles. The summed E-state index contributed by atoms with van der Waals surface area (Å²) >= 11 is 0. The van der Waals surface area contributed by atoms with Gasteiger partial charge in [-0.3, -0.25) is 19.2 Å². The molecule has 0 amide bonds. The van der Waals surface area contributed by atoms with Crippen LogP contribution in [0.2, 0.25) is 0 Å². The maximum Gasteiger partial charge on any atom is 0.324 e. The molecule has 0 saturated heterocycles. The van der Waals surface area contributed by atoms with Crippen LogP contribution in [0.25, 0.3) is 0 Å². The van der Waals surface area contributed by atoms with Gasteiger partial charge in [0, 0.05) is 18.2 Å². The van der Waals surface area contributed by atoms with Gasteiger partial charge in [-0.1, -0.05) is 6.07 Å². The van der Waals surface area contributed by atoms with Gasteiger partial charge in [-0.2, -0.15) is 0 Å². The summed E-state index contributed by atoms with van der Waals surface area (Å²) in [5.74, 6) is -0.975. The summed E-state index contributed by atoms with van der Waals surface area (Å²) in [6, 6.07) is 7.54. The molecule has 150 valence electrons. The standard InChI is InChI=1S/C17H18N2O8S/c1-11-4-5-12(19(22)23)8-16(11)28(24,25)18(10-17(20)21)14-7-6-13(26-2)9-15(14)27-3/h4-9H,10H2,1-3H3,(H,20,21). The smallest absolute Gasteiger partial charge is 0.324 e. The fourth-order valence-electron chi connectivity index (χ4n) is 2.51. The summed E-state index contributed by atoms with van der Waals surface area (Å²) in [6.45, 7) is 0.550. The number of nitro groups is 1. The number of benzene rings is 2. The fraction of sp³-hybridized carbons (Fsp3) is 0.235. The Morgan fingerprint density at radius 1 is 1.18 bits per heavy atom. The molecule has 28 heavy (non-hydrogen) atoms. The highest BCUT2D eigenvalue weighted by Crippen LogP contribution is 2.36. The third-order valence-corrected chi connectivity index (χ3v) is 5.79. The van der Waals surface area contributed by atoms with Crippen molar-refractivity contribution in [3.63, 3.8) is 0 Å². The maximum atomic E-state index is 13.2. The van der Waals surface area contributed by atoms with Crippen LogP contribution in [0.15, 0.2) is 41.3 Å². The van der Waals surface area contributed by atoms with Crippen molar-refractivity contribution < 1.29 is 32.7 Å². The summed E-state index contributed by atoms with van der Waals surface area (Å²) in [5.41, 5.74) is -0.244. The molecule has 2 aromatic carbocycles. The number of non-ortho nitro benzene ring substituents is 1. The third kappa shape index (κ3) is 4.14. The number of hydrogen-bond acceptors (Lipinski definition) is 7. The lowest BCUT2D eigenvalue weighted by atomic mass is 10.2. The first-order valence-electron chi connectivity index (χ1n) is 7.83. The van der Waals surface area contributed by atoms with Crippen LogP contribution >= 0.6 is 0 Å². The number of ether oxygens (including phenoxy) is 2. The number of carbonyl (C=O) groups is 1. The van der Waals surface area contributed by atoms with Gasteiger partial charge >= 0.3 is 5.97 Å². The number of nitrogens with zero attached hydrogens (tertiary/aromatic N) is 2. The molecule has 0 radical (unpaired) electrons. The van der Waals surface area contributed by atoms with Gasteiger partial charge in [0.25, 0.3) is 15.7 Å². The van der Waals surface area contributed by atoms with Crippen molar-refractivity contribution in [3.05, 3.63) is 52.1 Å². The molecule has 0 saturated carbocycles. The van der Waals surface area contributed by atoms with Crippen LogP contribution in [-0.2, 0) is 14.8 Å². The van der Waals surface area contributed by atoms with Crippen molar-refractivity contribution in [3.8, 4) is 11.5 Å². The molecule has 1 N–H and O–H groups in total. The van der Waals surface area contributed by atoms with Gasteiger partial charge in [0.2, 0.25) is 0 Å². The molecule has 0 unspecified atom stereocenters. The van der Waals surface area contributed by atoms with E-state index in [1.165, 1.54) is 51.5 Å². The molecule has 11 heteroatoms. The Labute approximate surface area is 161 Å². The van der Waals surface area contributed by atoms with Crippen LogP contribution in [0.1, 0.15) is 5.56 Å². The first-order chi connectivity index (χ1) is 13.1. The second-order valence-electron chi connectivity index (χ2n) is 5.65. The molecule has 2 rings (SSSR count). The van der Waals surface area contributed by atoms with Crippen LogP contribution in [0.5, 0.6) is 11.5 Å². The fourth-order valence-corrected chi connectivity index (χ4v) is 4.18. The van der Waals surface area contributed by atoms with E-state index in [9.17, 15) is 28.4 Å². The number of carboxylic acid groups (broad SMARTS) is 1. The molecule has 0 spiro atoms. The molecular weight excluding hydrogens is 392 g/mol. The number of hydrogen-bond donors (Lipinski definition) is 1. The minimum absolute atomic E-state index is 0.0448. The second-order valence-corrected chi connectivity index (χ2v) is 7.48. The minimum atomic E-state index is -4.46. The number of carboxylic acids is 1. The van der Waals surface area contributed by atoms with E-state index in [0.717, 1.165) is 6.07 Å². The number of nitro benzene ring substituents is 1. The van der Waals surface area contributed by atoms with Gasteiger partial charge in [0.1, 0.15) is 18.0 Å². The average molecular weight is 410 g/mol. The monoisotopic (exact) mass is 410 g/mol. The van der Waals surface area contributed by atoms with Gasteiger partial charge in [0.15, 0.2) is 0 Å². The van der Waals surface area contributed by atoms with E-state index < -0.39 is 33.1 Å². The van der Waals surface area contributed by atoms with Gasteiger partial charge < -0.3 is 14.6 Å². The number of rotatable bonds is 8. The lowest BCUT2D eigenvalue weighted by molar-refractivity contribution is -0.385. The Hall–Kier alpha value is -3.34. The Bertz CT molecular complexity index is 1020. The Morgan fingerprint density at radius 3 is 2.39 bits per heavy atom. The SMILES string of the molecule is COc1ccc(N(CC(=O)O)S(=O)(=O)c2cc([N+](=O)[O-])ccc2C)c(OC)c1. The van der Waals surface area contributed by atoms with Gasteiger partial charge in [0.05, 0.1) is 29.7 Å². The molecule has 10 nitrogen and oxygen atoms in total. The summed E-state index contributed by atoms with van der Waals surface area (Å²) in [4.78, 5) is 21.3. The molecule has 0 fully saturated rings. The quantitative estimate of drug-likeness (QED) is 0.517. The lowest BCUT2D eigenvalue weighted by Crippen LogP contribution is -2.36. The first-order valence-corrected chi connectivity index (χ1v) is 9.27. The predicted octanol–water partition coefficient (Wildman–Crippen LogP) is 2.20. The van der Waals surface area contributed by atoms with Crippen molar-refractivity contribution in [1.29, 1.82) is 0 Å². The summed E-state index contributed by atoms with van der Waals surface area (Å²) < 4.78 is 37.4. The number of anilines is 1. The molecule has 2 aromatic rings. The molecule has 0 aliphatic rings. The van der Waals surface area contributed by atoms with E-state index >= 15 is 0 Å². The van der Waals surface area contributed by atoms with E-state index in [1.54, 1.807) is 0 Å². The normalized spacial score (nSPS) is 11.0. The van der Waals surface area contributed by atoms with Gasteiger partial charge in [-0.15, -0.1) is 0 Å². The molecule has 0 aliphatic heterocycles. The second kappa shape index (κ2) is 8.13. The first kappa shape index (κ1) is 21.0. The summed E-state index contributed by atoms with van der Waals surface area (Å²) in [5, 5.41) is 20.3. The van der Waals surface area contributed by atoms with Crippen LogP contribution in [0.4, 0.5) is 11.4 Å². The molecule has 0 bridgehead atoms. The zero-order valence-electron chi connectivity index (χ0n) is 15.3. The van der Waals surface area contributed by atoms with E-state index in [-0.39, 0.29) is 21.9 Å². The number of methoxy groups -OCH3 is 2. The van der Waals surface area contributed by atoms with Crippen molar-refractivity contribution in [2.45, 2.75) is 11.8 Å². The summed E-state index contributed by atoms with van der Waals surface area (Å²) in [6.07, 6.45) is 0. The lowest BCUT2D eigenvalue weighted by Gasteiger charge is -2.25. The van der Waals surface area contributed by atoms with Crippen LogP contribution in [0.3, 0.4) is 0 Å². The van der Waals surface area contributed by atoms with Crippen molar-refractivity contribution in [2.24, 2.45) is 0 Å². The van der Waals surface area contributed by atoms with Crippen LogP contribution < -0.4 is 13.8 Å². The van der Waals surface area contributed by atoms with Crippen molar-refractivity contribution in [2.75, 3.05) is 25.1 Å². The predicted molar refractivity (Wildman–Crippen MR) is 99.5 cm³/mol. The van der Waals surface area contributed by atoms with Crippen LogP contribution in [0, 0.1) is 17.0 Å². The summed E-state index contributed by atoms with van der Waals surface area (Å²) in [7, 11) is -1.76. The van der Waals surface area contributed by atoms with Crippen LogP contribution in [-0.4, -0.2) is 45.2 Å². The largest absolute Gasteiger partial charge is 0.497 e. The number of aliphatic carboxylic acids is 1. The highest BCUT2D eigenvalue weighted by molar-refractivity contribution is 7.93. The van der Waals surface area contributed by atoms with Crippen molar-refractivity contribution >= 4 is 27.4 Å². The average Bonchev–Trinajstić information content (AvgIpc) is 2.65. The minimum Gasteiger partial charge on any atom is -0.497 e. The van der Waals surface area contributed by atoms with E-state index in [1.807, 2.05) is 0 Å². The van der Waals surface area contributed by atoms with Gasteiger partial charge in [-0.05, 0) is 24.6 Å². The molecule has 0 heterocycles. The molecular formula is C17H18N2O8S. The maximum absolute atomic E-state index is 13.2.